The molecule has 3 heteroatoms. The zero-order chi connectivity index (χ0) is 12.2. The van der Waals surface area contributed by atoms with Crippen molar-refractivity contribution in [3.63, 3.8) is 0 Å². The third-order valence-corrected chi connectivity index (χ3v) is 3.24. The molecule has 0 radical (unpaired) electrons. The number of nitrogens with zero attached hydrogens (tertiary/aromatic N) is 1. The van der Waals surface area contributed by atoms with Gasteiger partial charge in [-0.2, -0.15) is 5.26 Å². The van der Waals surface area contributed by atoms with E-state index >= 15 is 0 Å². The highest BCUT2D eigenvalue weighted by atomic mass is 32.2. The molecule has 0 unspecified atom stereocenters. The first kappa shape index (κ1) is 12.8. The minimum atomic E-state index is 0.0995. The number of nitriles is 1. The van der Waals surface area contributed by atoms with Crippen molar-refractivity contribution in [1.29, 1.82) is 5.26 Å². The molecule has 16 heavy (non-hydrogen) atoms. The van der Waals surface area contributed by atoms with Crippen LogP contribution >= 0.6 is 11.8 Å². The van der Waals surface area contributed by atoms with Gasteiger partial charge in [-0.25, -0.2) is 0 Å². The summed E-state index contributed by atoms with van der Waals surface area (Å²) in [7, 11) is 0. The molecule has 0 bridgehead atoms. The van der Waals surface area contributed by atoms with Crippen LogP contribution in [0.3, 0.4) is 0 Å². The molecule has 1 rings (SSSR count). The summed E-state index contributed by atoms with van der Waals surface area (Å²) in [6.07, 6.45) is 0. The van der Waals surface area contributed by atoms with Crippen LogP contribution in [0.2, 0.25) is 0 Å². The van der Waals surface area contributed by atoms with Gasteiger partial charge in [0.25, 0.3) is 0 Å². The topological polar surface area (TPSA) is 40.9 Å². The quantitative estimate of drug-likeness (QED) is 0.752. The molecule has 1 aromatic rings. The molecule has 0 saturated heterocycles. The smallest absolute Gasteiger partial charge is 0.172 e. The van der Waals surface area contributed by atoms with Gasteiger partial charge in [-0.3, -0.25) is 4.79 Å². The Labute approximate surface area is 101 Å². The number of hydrogen-bond acceptors (Lipinski definition) is 3. The number of carbonyl (C=O) groups is 1. The van der Waals surface area contributed by atoms with E-state index in [0.717, 1.165) is 0 Å². The van der Waals surface area contributed by atoms with Crippen LogP contribution in [0.4, 0.5) is 0 Å². The summed E-state index contributed by atoms with van der Waals surface area (Å²) in [4.78, 5) is 11.8. The molecule has 0 saturated carbocycles. The monoisotopic (exact) mass is 233 g/mol. The Balaban J connectivity index is 2.64. The first-order valence-electron chi connectivity index (χ1n) is 5.10. The van der Waals surface area contributed by atoms with Crippen LogP contribution in [0.1, 0.15) is 36.7 Å². The molecular weight excluding hydrogens is 218 g/mol. The number of benzene rings is 1. The Morgan fingerprint density at radius 3 is 2.31 bits per heavy atom. The summed E-state index contributed by atoms with van der Waals surface area (Å²) < 4.78 is 0.0995. The maximum atomic E-state index is 11.8. The Kier molecular flexibility index (Phi) is 4.14. The summed E-state index contributed by atoms with van der Waals surface area (Å²) in [5, 5.41) is 8.64. The van der Waals surface area contributed by atoms with Crippen LogP contribution < -0.4 is 0 Å². The van der Waals surface area contributed by atoms with Crippen molar-refractivity contribution in [2.24, 2.45) is 0 Å². The first-order valence-corrected chi connectivity index (χ1v) is 6.08. The second-order valence-corrected chi connectivity index (χ2v) is 6.32. The zero-order valence-electron chi connectivity index (χ0n) is 9.78. The van der Waals surface area contributed by atoms with Crippen molar-refractivity contribution < 1.29 is 4.79 Å². The van der Waals surface area contributed by atoms with Gasteiger partial charge < -0.3 is 0 Å². The predicted octanol–water partition coefficient (Wildman–Crippen LogP) is 3.27. The number of hydrogen-bond donors (Lipinski definition) is 0. The Morgan fingerprint density at radius 1 is 1.31 bits per heavy atom. The number of carbonyl (C=O) groups excluding carboxylic acids is 1. The molecule has 0 fully saturated rings. The van der Waals surface area contributed by atoms with Gasteiger partial charge in [0.1, 0.15) is 0 Å². The number of thioether (sulfide) groups is 1. The van der Waals surface area contributed by atoms with Crippen molar-refractivity contribution >= 4 is 17.5 Å². The lowest BCUT2D eigenvalue weighted by molar-refractivity contribution is 0.102. The molecule has 0 aliphatic heterocycles. The van der Waals surface area contributed by atoms with Gasteiger partial charge in [0.15, 0.2) is 5.78 Å². The average molecular weight is 233 g/mol. The summed E-state index contributed by atoms with van der Waals surface area (Å²) in [6.45, 7) is 6.26. The van der Waals surface area contributed by atoms with Crippen LogP contribution in [0.25, 0.3) is 0 Å². The number of rotatable bonds is 3. The average Bonchev–Trinajstić information content (AvgIpc) is 2.25. The standard InChI is InChI=1S/C13H15NOS/c1-13(2,3)16-9-12(15)11-6-4-10(8-14)5-7-11/h4-7H,9H2,1-3H3. The summed E-state index contributed by atoms with van der Waals surface area (Å²) in [6, 6.07) is 8.81. The van der Waals surface area contributed by atoms with E-state index in [9.17, 15) is 4.79 Å². The minimum Gasteiger partial charge on any atom is -0.293 e. The van der Waals surface area contributed by atoms with Crippen LogP contribution in [-0.2, 0) is 0 Å². The van der Waals surface area contributed by atoms with Crippen LogP contribution in [-0.4, -0.2) is 16.3 Å². The van der Waals surface area contributed by atoms with Crippen molar-refractivity contribution in [2.45, 2.75) is 25.5 Å². The molecule has 0 aromatic heterocycles. The normalized spacial score (nSPS) is 10.9. The fourth-order valence-electron chi connectivity index (χ4n) is 1.10. The fourth-order valence-corrected chi connectivity index (χ4v) is 1.83. The van der Waals surface area contributed by atoms with Gasteiger partial charge in [0.2, 0.25) is 0 Å². The summed E-state index contributed by atoms with van der Waals surface area (Å²) in [5.41, 5.74) is 1.26. The lowest BCUT2D eigenvalue weighted by atomic mass is 10.1. The lowest BCUT2D eigenvalue weighted by Gasteiger charge is -2.16. The van der Waals surface area contributed by atoms with Crippen molar-refractivity contribution in [1.82, 2.24) is 0 Å². The predicted molar refractivity (Wildman–Crippen MR) is 67.7 cm³/mol. The van der Waals surface area contributed by atoms with Gasteiger partial charge in [-0.15, -0.1) is 11.8 Å². The van der Waals surface area contributed by atoms with Gasteiger partial charge in [-0.05, 0) is 12.1 Å². The number of ketones is 1. The van der Waals surface area contributed by atoms with Gasteiger partial charge in [0, 0.05) is 10.3 Å². The lowest BCUT2D eigenvalue weighted by Crippen LogP contribution is -2.13. The van der Waals surface area contributed by atoms with Gasteiger partial charge in [0.05, 0.1) is 17.4 Å². The molecule has 84 valence electrons. The highest BCUT2D eigenvalue weighted by Gasteiger charge is 2.14. The molecular formula is C13H15NOS. The van der Waals surface area contributed by atoms with Crippen LogP contribution in [0.15, 0.2) is 24.3 Å². The van der Waals surface area contributed by atoms with Gasteiger partial charge >= 0.3 is 0 Å². The molecule has 0 aliphatic rings. The highest BCUT2D eigenvalue weighted by Crippen LogP contribution is 2.23. The third-order valence-electron chi connectivity index (χ3n) is 1.97. The van der Waals surface area contributed by atoms with E-state index < -0.39 is 0 Å². The van der Waals surface area contributed by atoms with Crippen molar-refractivity contribution in [2.75, 3.05) is 5.75 Å². The van der Waals surface area contributed by atoms with Crippen LogP contribution in [0, 0.1) is 11.3 Å². The van der Waals surface area contributed by atoms with E-state index in [4.69, 9.17) is 5.26 Å². The molecule has 1 aromatic carbocycles. The van der Waals surface area contributed by atoms with E-state index in [2.05, 4.69) is 20.8 Å². The molecule has 0 aliphatic carbocycles. The molecule has 0 N–H and O–H groups in total. The van der Waals surface area contributed by atoms with Crippen LogP contribution in [0.5, 0.6) is 0 Å². The van der Waals surface area contributed by atoms with E-state index in [1.807, 2.05) is 6.07 Å². The Bertz CT molecular complexity index is 409. The second-order valence-electron chi connectivity index (χ2n) is 4.51. The maximum Gasteiger partial charge on any atom is 0.172 e. The Morgan fingerprint density at radius 2 is 1.88 bits per heavy atom. The maximum absolute atomic E-state index is 11.8. The first-order chi connectivity index (χ1) is 7.42. The van der Waals surface area contributed by atoms with E-state index in [0.29, 0.717) is 16.9 Å². The molecule has 0 atom stereocenters. The minimum absolute atomic E-state index is 0.0995. The largest absolute Gasteiger partial charge is 0.293 e. The van der Waals surface area contributed by atoms with Gasteiger partial charge in [-0.1, -0.05) is 32.9 Å². The van der Waals surface area contributed by atoms with Crippen molar-refractivity contribution in [3.05, 3.63) is 35.4 Å². The molecule has 0 heterocycles. The van der Waals surface area contributed by atoms with E-state index in [1.165, 1.54) is 0 Å². The zero-order valence-corrected chi connectivity index (χ0v) is 10.6. The summed E-state index contributed by atoms with van der Waals surface area (Å²) >= 11 is 1.63. The Hall–Kier alpha value is -1.27. The fraction of sp³-hybridized carbons (Fsp3) is 0.385. The van der Waals surface area contributed by atoms with E-state index in [-0.39, 0.29) is 10.5 Å². The SMILES string of the molecule is CC(C)(C)SCC(=O)c1ccc(C#N)cc1. The summed E-state index contributed by atoms with van der Waals surface area (Å²) in [5.74, 6) is 0.597. The molecule has 2 nitrogen and oxygen atoms in total. The molecule has 0 amide bonds. The van der Waals surface area contributed by atoms with E-state index in [1.54, 1.807) is 36.0 Å². The second kappa shape index (κ2) is 5.18. The number of Topliss-reactive ketones (excluding diaryl/α,β-unsaturated/α-hetero) is 1. The molecule has 0 spiro atoms. The highest BCUT2D eigenvalue weighted by molar-refractivity contribution is 8.01. The van der Waals surface area contributed by atoms with Crippen molar-refractivity contribution in [3.8, 4) is 6.07 Å². The third kappa shape index (κ3) is 4.08.